The van der Waals surface area contributed by atoms with Crippen molar-refractivity contribution in [3.05, 3.63) is 30.3 Å². The molecule has 5 heteroatoms. The molecule has 1 aromatic carbocycles. The van der Waals surface area contributed by atoms with Crippen LogP contribution in [0, 0.1) is 0 Å². The highest BCUT2D eigenvalue weighted by atomic mass is 16.6. The van der Waals surface area contributed by atoms with Crippen LogP contribution >= 0.6 is 0 Å². The SMILES string of the molecule is BOC(=O)C(=O)Oc1ccccc1. The fourth-order valence-electron chi connectivity index (χ4n) is 0.721. The fraction of sp³-hybridized carbons (Fsp3) is 0. The van der Waals surface area contributed by atoms with Gasteiger partial charge in [-0.25, -0.2) is 9.59 Å². The Labute approximate surface area is 75.9 Å². The summed E-state index contributed by atoms with van der Waals surface area (Å²) in [5, 5.41) is 0. The van der Waals surface area contributed by atoms with Crippen molar-refractivity contribution in [2.24, 2.45) is 0 Å². The lowest BCUT2D eigenvalue weighted by Gasteiger charge is -2.01. The summed E-state index contributed by atoms with van der Waals surface area (Å²) in [4.78, 5) is 21.5. The lowest BCUT2D eigenvalue weighted by molar-refractivity contribution is -0.156. The summed E-state index contributed by atoms with van der Waals surface area (Å²) in [5.74, 6) is -1.71. The third kappa shape index (κ3) is 2.63. The Hall–Kier alpha value is -1.78. The Bertz CT molecular complexity index is 309. The third-order valence-corrected chi connectivity index (χ3v) is 1.31. The normalized spacial score (nSPS) is 8.92. The van der Waals surface area contributed by atoms with Crippen LogP contribution in [0.15, 0.2) is 30.3 Å². The molecule has 0 aliphatic rings. The van der Waals surface area contributed by atoms with E-state index in [1.165, 1.54) is 0 Å². The molecule has 0 aliphatic heterocycles. The first-order valence-corrected chi connectivity index (χ1v) is 3.59. The number of hydrogen-bond donors (Lipinski definition) is 0. The highest BCUT2D eigenvalue weighted by Gasteiger charge is 2.15. The molecule has 0 saturated carbocycles. The van der Waals surface area contributed by atoms with Crippen LogP contribution in [0.5, 0.6) is 5.75 Å². The van der Waals surface area contributed by atoms with Gasteiger partial charge in [0, 0.05) is 0 Å². The van der Waals surface area contributed by atoms with Gasteiger partial charge in [0.1, 0.15) is 5.75 Å². The molecule has 1 aromatic rings. The van der Waals surface area contributed by atoms with E-state index in [1.807, 2.05) is 0 Å². The molecule has 0 radical (unpaired) electrons. The molecule has 0 aromatic heterocycles. The maximum Gasteiger partial charge on any atom is 0.421 e. The van der Waals surface area contributed by atoms with Crippen molar-refractivity contribution in [2.45, 2.75) is 0 Å². The van der Waals surface area contributed by atoms with Gasteiger partial charge in [0.05, 0.1) is 0 Å². The summed E-state index contributed by atoms with van der Waals surface area (Å²) in [5.41, 5.74) is 0. The molecule has 66 valence electrons. The van der Waals surface area contributed by atoms with Crippen LogP contribution in [0.1, 0.15) is 0 Å². The standard InChI is InChI=1S/C8H7BO4/c9-13-8(11)7(10)12-6-4-2-1-3-5-6/h1-5H,9H2. The number of para-hydroxylation sites is 1. The van der Waals surface area contributed by atoms with Crippen molar-refractivity contribution in [1.82, 2.24) is 0 Å². The summed E-state index contributed by atoms with van der Waals surface area (Å²) < 4.78 is 8.82. The second kappa shape index (κ2) is 4.30. The van der Waals surface area contributed by atoms with Gasteiger partial charge in [0.2, 0.25) is 0 Å². The Morgan fingerprint density at radius 2 is 1.69 bits per heavy atom. The zero-order chi connectivity index (χ0) is 9.68. The van der Waals surface area contributed by atoms with Crippen LogP contribution in [0.3, 0.4) is 0 Å². The van der Waals surface area contributed by atoms with Gasteiger partial charge in [0.25, 0.3) is 0 Å². The molecule has 0 unspecified atom stereocenters. The number of benzene rings is 1. The Kier molecular flexibility index (Phi) is 3.08. The summed E-state index contributed by atoms with van der Waals surface area (Å²) in [6, 6.07) is 8.30. The van der Waals surface area contributed by atoms with Gasteiger partial charge in [-0.2, -0.15) is 0 Å². The summed E-state index contributed by atoms with van der Waals surface area (Å²) in [6.07, 6.45) is 0. The van der Waals surface area contributed by atoms with Crippen LogP contribution in [0.2, 0.25) is 0 Å². The minimum absolute atomic E-state index is 0.318. The van der Waals surface area contributed by atoms with Crippen LogP contribution in [-0.2, 0) is 14.2 Å². The van der Waals surface area contributed by atoms with E-state index in [0.29, 0.717) is 5.75 Å². The summed E-state index contributed by atoms with van der Waals surface area (Å²) in [7, 11) is 1.12. The zero-order valence-corrected chi connectivity index (χ0v) is 7.02. The molecule has 4 nitrogen and oxygen atoms in total. The number of rotatable bonds is 1. The predicted molar refractivity (Wildman–Crippen MR) is 46.7 cm³/mol. The van der Waals surface area contributed by atoms with E-state index < -0.39 is 11.9 Å². The van der Waals surface area contributed by atoms with Gasteiger partial charge in [-0.15, -0.1) is 0 Å². The summed E-state index contributed by atoms with van der Waals surface area (Å²) in [6.45, 7) is 0. The Morgan fingerprint density at radius 3 is 2.23 bits per heavy atom. The largest absolute Gasteiger partial charge is 0.535 e. The molecule has 13 heavy (non-hydrogen) atoms. The first-order valence-electron chi connectivity index (χ1n) is 3.59. The number of esters is 1. The van der Waals surface area contributed by atoms with Crippen molar-refractivity contribution in [2.75, 3.05) is 0 Å². The van der Waals surface area contributed by atoms with Crippen molar-refractivity contribution >= 4 is 20.0 Å². The van der Waals surface area contributed by atoms with E-state index in [2.05, 4.69) is 9.39 Å². The minimum atomic E-state index is -1.02. The van der Waals surface area contributed by atoms with Crippen molar-refractivity contribution < 1.29 is 19.0 Å². The van der Waals surface area contributed by atoms with E-state index in [-0.39, 0.29) is 0 Å². The monoisotopic (exact) mass is 178 g/mol. The maximum absolute atomic E-state index is 10.8. The van der Waals surface area contributed by atoms with E-state index in [0.717, 1.165) is 8.05 Å². The molecule has 0 heterocycles. The molecule has 0 spiro atoms. The van der Waals surface area contributed by atoms with Crippen LogP contribution < -0.4 is 4.74 Å². The van der Waals surface area contributed by atoms with Crippen LogP contribution in [0.25, 0.3) is 0 Å². The number of carbonyl (C=O) groups is 2. The van der Waals surface area contributed by atoms with E-state index >= 15 is 0 Å². The molecule has 0 saturated heterocycles. The molecule has 0 atom stereocenters. The number of ether oxygens (including phenoxy) is 1. The average Bonchev–Trinajstić information content (AvgIpc) is 2.18. The number of carbonyl (C=O) groups excluding carboxylic acids is 2. The van der Waals surface area contributed by atoms with Crippen molar-refractivity contribution in [1.29, 1.82) is 0 Å². The minimum Gasteiger partial charge on any atom is -0.535 e. The zero-order valence-electron chi connectivity index (χ0n) is 7.02. The van der Waals surface area contributed by atoms with Crippen molar-refractivity contribution in [3.8, 4) is 5.75 Å². The second-order valence-corrected chi connectivity index (χ2v) is 2.19. The third-order valence-electron chi connectivity index (χ3n) is 1.31. The Balaban J connectivity index is 2.60. The van der Waals surface area contributed by atoms with Gasteiger partial charge in [-0.3, -0.25) is 0 Å². The molecular formula is C8H7BO4. The quantitative estimate of drug-likeness (QED) is 0.256. The highest BCUT2D eigenvalue weighted by Crippen LogP contribution is 2.08. The smallest absolute Gasteiger partial charge is 0.421 e. The van der Waals surface area contributed by atoms with Gasteiger partial charge in [-0.1, -0.05) is 18.2 Å². The average molecular weight is 178 g/mol. The fourth-order valence-corrected chi connectivity index (χ4v) is 0.721. The molecule has 1 rings (SSSR count). The molecule has 0 N–H and O–H groups in total. The molecule has 0 aliphatic carbocycles. The topological polar surface area (TPSA) is 52.6 Å². The summed E-state index contributed by atoms with van der Waals surface area (Å²) >= 11 is 0. The van der Waals surface area contributed by atoms with Gasteiger partial charge in [0.15, 0.2) is 0 Å². The molecule has 0 amide bonds. The first kappa shape index (κ1) is 9.31. The molecular weight excluding hydrogens is 171 g/mol. The van der Waals surface area contributed by atoms with Crippen LogP contribution in [-0.4, -0.2) is 20.0 Å². The first-order chi connectivity index (χ1) is 6.24. The van der Waals surface area contributed by atoms with E-state index in [1.54, 1.807) is 30.3 Å². The molecule has 0 fully saturated rings. The highest BCUT2D eigenvalue weighted by molar-refractivity contribution is 6.34. The van der Waals surface area contributed by atoms with Gasteiger partial charge >= 0.3 is 20.0 Å². The number of hydrogen-bond acceptors (Lipinski definition) is 4. The van der Waals surface area contributed by atoms with E-state index in [9.17, 15) is 9.59 Å². The van der Waals surface area contributed by atoms with Crippen molar-refractivity contribution in [3.63, 3.8) is 0 Å². The van der Waals surface area contributed by atoms with Gasteiger partial charge in [-0.05, 0) is 12.1 Å². The Morgan fingerprint density at radius 1 is 1.08 bits per heavy atom. The lowest BCUT2D eigenvalue weighted by Crippen LogP contribution is -2.21. The molecule has 0 bridgehead atoms. The van der Waals surface area contributed by atoms with E-state index in [4.69, 9.17) is 0 Å². The predicted octanol–water partition coefficient (Wildman–Crippen LogP) is -0.317. The van der Waals surface area contributed by atoms with Crippen LogP contribution in [0.4, 0.5) is 0 Å². The lowest BCUT2D eigenvalue weighted by atomic mass is 10.3. The van der Waals surface area contributed by atoms with Gasteiger partial charge < -0.3 is 9.39 Å². The second-order valence-electron chi connectivity index (χ2n) is 2.19. The maximum atomic E-state index is 10.8.